The molecule has 0 saturated carbocycles. The molecule has 148 valence electrons. The van der Waals surface area contributed by atoms with E-state index >= 15 is 0 Å². The molecule has 0 atom stereocenters. The van der Waals surface area contributed by atoms with Crippen LogP contribution in [0, 0.1) is 13.8 Å². The second-order valence-corrected chi connectivity index (χ2v) is 6.54. The molecule has 0 fully saturated rings. The van der Waals surface area contributed by atoms with Gasteiger partial charge in [-0.2, -0.15) is 0 Å². The van der Waals surface area contributed by atoms with Crippen molar-refractivity contribution >= 4 is 23.5 Å². The molecule has 2 aromatic rings. The van der Waals surface area contributed by atoms with Gasteiger partial charge in [0.1, 0.15) is 5.75 Å². The van der Waals surface area contributed by atoms with Crippen LogP contribution in [-0.2, 0) is 14.3 Å². The van der Waals surface area contributed by atoms with E-state index in [2.05, 4.69) is 5.32 Å². The van der Waals surface area contributed by atoms with Gasteiger partial charge in [-0.15, -0.1) is 0 Å². The standard InChI is InChI=1S/C21H24N2O5/c1-14-5-10-18(15(2)11-14)27-13-20(25)28-12-19(24)22-17-8-6-16(7-9-17)21(26)23(3)4/h5-11H,12-13H2,1-4H3,(H,22,24). The highest BCUT2D eigenvalue weighted by Gasteiger charge is 2.11. The minimum atomic E-state index is -0.637. The first-order valence-electron chi connectivity index (χ1n) is 8.73. The third-order valence-electron chi connectivity index (χ3n) is 3.86. The zero-order valence-electron chi connectivity index (χ0n) is 16.4. The summed E-state index contributed by atoms with van der Waals surface area (Å²) in [4.78, 5) is 37.0. The number of hydrogen-bond donors (Lipinski definition) is 1. The fourth-order valence-electron chi connectivity index (χ4n) is 2.44. The Bertz CT molecular complexity index is 860. The molecule has 0 aliphatic rings. The van der Waals surface area contributed by atoms with E-state index in [1.807, 2.05) is 26.0 Å². The Balaban J connectivity index is 1.77. The molecule has 0 aliphatic carbocycles. The molecule has 0 spiro atoms. The monoisotopic (exact) mass is 384 g/mol. The van der Waals surface area contributed by atoms with Crippen molar-refractivity contribution < 1.29 is 23.9 Å². The summed E-state index contributed by atoms with van der Waals surface area (Å²) in [6, 6.07) is 12.1. The van der Waals surface area contributed by atoms with Crippen LogP contribution in [0.2, 0.25) is 0 Å². The highest BCUT2D eigenvalue weighted by Crippen LogP contribution is 2.18. The lowest BCUT2D eigenvalue weighted by Crippen LogP contribution is -2.24. The van der Waals surface area contributed by atoms with Crippen molar-refractivity contribution in [2.45, 2.75) is 13.8 Å². The molecular weight excluding hydrogens is 360 g/mol. The minimum Gasteiger partial charge on any atom is -0.482 e. The number of amides is 2. The molecule has 2 amide bonds. The smallest absolute Gasteiger partial charge is 0.344 e. The van der Waals surface area contributed by atoms with E-state index in [1.165, 1.54) is 4.90 Å². The van der Waals surface area contributed by atoms with Crippen molar-refractivity contribution in [1.29, 1.82) is 0 Å². The van der Waals surface area contributed by atoms with Crippen molar-refractivity contribution in [3.8, 4) is 5.75 Å². The summed E-state index contributed by atoms with van der Waals surface area (Å²) in [6.07, 6.45) is 0. The van der Waals surface area contributed by atoms with Gasteiger partial charge in [-0.25, -0.2) is 4.79 Å². The number of hydrogen-bond acceptors (Lipinski definition) is 5. The second kappa shape index (κ2) is 9.55. The quantitative estimate of drug-likeness (QED) is 0.742. The number of anilines is 1. The fourth-order valence-corrected chi connectivity index (χ4v) is 2.44. The number of carbonyl (C=O) groups is 3. The number of rotatable bonds is 7. The predicted octanol–water partition coefficient (Wildman–Crippen LogP) is 2.57. The summed E-state index contributed by atoms with van der Waals surface area (Å²) >= 11 is 0. The van der Waals surface area contributed by atoms with Crippen molar-refractivity contribution in [3.63, 3.8) is 0 Å². The van der Waals surface area contributed by atoms with E-state index in [4.69, 9.17) is 9.47 Å². The first-order valence-corrected chi connectivity index (χ1v) is 8.73. The summed E-state index contributed by atoms with van der Waals surface area (Å²) in [5, 5.41) is 2.60. The van der Waals surface area contributed by atoms with Gasteiger partial charge in [-0.3, -0.25) is 9.59 Å². The first kappa shape index (κ1) is 21.0. The summed E-state index contributed by atoms with van der Waals surface area (Å²) < 4.78 is 10.3. The lowest BCUT2D eigenvalue weighted by molar-refractivity contribution is -0.149. The molecular formula is C21H24N2O5. The predicted molar refractivity (Wildman–Crippen MR) is 105 cm³/mol. The number of benzene rings is 2. The van der Waals surface area contributed by atoms with Crippen LogP contribution in [0.4, 0.5) is 5.69 Å². The van der Waals surface area contributed by atoms with Gasteiger partial charge in [0, 0.05) is 25.3 Å². The van der Waals surface area contributed by atoms with Crippen molar-refractivity contribution in [2.75, 3.05) is 32.6 Å². The topological polar surface area (TPSA) is 84.9 Å². The third-order valence-corrected chi connectivity index (χ3v) is 3.86. The van der Waals surface area contributed by atoms with Gasteiger partial charge in [0.15, 0.2) is 13.2 Å². The van der Waals surface area contributed by atoms with Crippen LogP contribution >= 0.6 is 0 Å². The van der Waals surface area contributed by atoms with E-state index in [-0.39, 0.29) is 12.5 Å². The highest BCUT2D eigenvalue weighted by molar-refractivity contribution is 5.96. The number of nitrogens with zero attached hydrogens (tertiary/aromatic N) is 1. The van der Waals surface area contributed by atoms with E-state index in [9.17, 15) is 14.4 Å². The first-order chi connectivity index (χ1) is 13.3. The van der Waals surface area contributed by atoms with Gasteiger partial charge in [-0.1, -0.05) is 17.7 Å². The van der Waals surface area contributed by atoms with E-state index in [1.54, 1.807) is 44.4 Å². The van der Waals surface area contributed by atoms with Crippen LogP contribution in [0.15, 0.2) is 42.5 Å². The Morgan fingerprint density at radius 3 is 2.25 bits per heavy atom. The second-order valence-electron chi connectivity index (χ2n) is 6.54. The Labute approximate surface area is 164 Å². The Kier molecular flexibility index (Phi) is 7.14. The van der Waals surface area contributed by atoms with Crippen molar-refractivity contribution in [1.82, 2.24) is 4.90 Å². The highest BCUT2D eigenvalue weighted by atomic mass is 16.6. The van der Waals surface area contributed by atoms with Crippen LogP contribution in [0.5, 0.6) is 5.75 Å². The van der Waals surface area contributed by atoms with Gasteiger partial charge < -0.3 is 19.7 Å². The maximum atomic E-state index is 11.9. The number of aryl methyl sites for hydroxylation is 2. The van der Waals surface area contributed by atoms with Crippen LogP contribution in [0.25, 0.3) is 0 Å². The average molecular weight is 384 g/mol. The molecule has 0 bridgehead atoms. The van der Waals surface area contributed by atoms with Gasteiger partial charge in [0.25, 0.3) is 11.8 Å². The summed E-state index contributed by atoms with van der Waals surface area (Å²) in [5.74, 6) is -0.649. The molecule has 2 rings (SSSR count). The van der Waals surface area contributed by atoms with Crippen LogP contribution in [-0.4, -0.2) is 50.0 Å². The molecule has 7 nitrogen and oxygen atoms in total. The van der Waals surface area contributed by atoms with Gasteiger partial charge in [0.2, 0.25) is 0 Å². The summed E-state index contributed by atoms with van der Waals surface area (Å²) in [7, 11) is 3.33. The third kappa shape index (κ3) is 6.12. The molecule has 0 unspecified atom stereocenters. The summed E-state index contributed by atoms with van der Waals surface area (Å²) in [5.41, 5.74) is 3.03. The number of esters is 1. The zero-order chi connectivity index (χ0) is 20.7. The Morgan fingerprint density at radius 2 is 1.64 bits per heavy atom. The van der Waals surface area contributed by atoms with E-state index in [0.29, 0.717) is 17.0 Å². The van der Waals surface area contributed by atoms with Crippen molar-refractivity contribution in [2.24, 2.45) is 0 Å². The lowest BCUT2D eigenvalue weighted by atomic mass is 10.1. The molecule has 28 heavy (non-hydrogen) atoms. The van der Waals surface area contributed by atoms with E-state index in [0.717, 1.165) is 11.1 Å². The average Bonchev–Trinajstić information content (AvgIpc) is 2.65. The van der Waals surface area contributed by atoms with Crippen LogP contribution in [0.1, 0.15) is 21.5 Å². The number of carbonyl (C=O) groups excluding carboxylic acids is 3. The molecule has 7 heteroatoms. The molecule has 2 aromatic carbocycles. The van der Waals surface area contributed by atoms with Gasteiger partial charge in [-0.05, 0) is 49.7 Å². The normalized spacial score (nSPS) is 10.1. The molecule has 0 aromatic heterocycles. The number of nitrogens with one attached hydrogen (secondary N) is 1. The Hall–Kier alpha value is -3.35. The molecule has 1 N–H and O–H groups in total. The van der Waals surface area contributed by atoms with E-state index < -0.39 is 18.5 Å². The maximum absolute atomic E-state index is 11.9. The fraction of sp³-hybridized carbons (Fsp3) is 0.286. The molecule has 0 radical (unpaired) electrons. The lowest BCUT2D eigenvalue weighted by Gasteiger charge is -2.11. The van der Waals surface area contributed by atoms with Crippen molar-refractivity contribution in [3.05, 3.63) is 59.2 Å². The van der Waals surface area contributed by atoms with Gasteiger partial charge in [0.05, 0.1) is 0 Å². The zero-order valence-corrected chi connectivity index (χ0v) is 16.4. The Morgan fingerprint density at radius 1 is 0.964 bits per heavy atom. The molecule has 0 aliphatic heterocycles. The maximum Gasteiger partial charge on any atom is 0.344 e. The van der Waals surface area contributed by atoms with Crippen LogP contribution in [0.3, 0.4) is 0 Å². The molecule has 0 saturated heterocycles. The largest absolute Gasteiger partial charge is 0.482 e. The summed E-state index contributed by atoms with van der Waals surface area (Å²) in [6.45, 7) is 3.15. The minimum absolute atomic E-state index is 0.129. The van der Waals surface area contributed by atoms with Crippen LogP contribution < -0.4 is 10.1 Å². The van der Waals surface area contributed by atoms with Gasteiger partial charge >= 0.3 is 5.97 Å². The SMILES string of the molecule is Cc1ccc(OCC(=O)OCC(=O)Nc2ccc(C(=O)N(C)C)cc2)c(C)c1. The number of ether oxygens (including phenoxy) is 2. The molecule has 0 heterocycles.